The number of benzene rings is 2. The van der Waals surface area contributed by atoms with Gasteiger partial charge in [0.15, 0.2) is 0 Å². The fraction of sp³-hybridized carbons (Fsp3) is 0.0714. The number of hydrogen-bond acceptors (Lipinski definition) is 1. The molecule has 0 aliphatic carbocycles. The second-order valence-corrected chi connectivity index (χ2v) is 4.91. The maximum absolute atomic E-state index is 8.91. The minimum atomic E-state index is 0.570. The Balaban J connectivity index is 2.68. The standard InChI is InChI=1S/C14H8BrClN/c1-9-2-5-14(16)12(6-9)11-7-10(8-17)3-4-13(11)15/h2-3,5-7H,1H3. The first-order valence-corrected chi connectivity index (χ1v) is 6.17. The van der Waals surface area contributed by atoms with Crippen LogP contribution in [0, 0.1) is 24.3 Å². The van der Waals surface area contributed by atoms with Crippen molar-refractivity contribution in [2.75, 3.05) is 0 Å². The molecule has 0 aliphatic heterocycles. The van der Waals surface area contributed by atoms with Gasteiger partial charge in [-0.25, -0.2) is 0 Å². The first-order chi connectivity index (χ1) is 8.11. The predicted molar refractivity (Wildman–Crippen MR) is 72.9 cm³/mol. The molecule has 0 saturated carbocycles. The molecule has 1 radical (unpaired) electrons. The number of halogens is 2. The summed E-state index contributed by atoms with van der Waals surface area (Å²) in [6.07, 6.45) is 0. The Kier molecular flexibility index (Phi) is 3.51. The molecule has 0 heterocycles. The molecule has 0 aliphatic rings. The molecule has 83 valence electrons. The molecule has 0 aromatic heterocycles. The van der Waals surface area contributed by atoms with Crippen molar-refractivity contribution in [2.45, 2.75) is 6.92 Å². The summed E-state index contributed by atoms with van der Waals surface area (Å²) in [4.78, 5) is 0. The summed E-state index contributed by atoms with van der Waals surface area (Å²) in [5, 5.41) is 9.57. The van der Waals surface area contributed by atoms with Crippen molar-refractivity contribution in [2.24, 2.45) is 0 Å². The highest BCUT2D eigenvalue weighted by Gasteiger charge is 2.09. The lowest BCUT2D eigenvalue weighted by Gasteiger charge is -2.08. The summed E-state index contributed by atoms with van der Waals surface area (Å²) in [5.41, 5.74) is 3.49. The van der Waals surface area contributed by atoms with Gasteiger partial charge < -0.3 is 0 Å². The molecule has 2 aromatic rings. The molecule has 2 aromatic carbocycles. The summed E-state index contributed by atoms with van der Waals surface area (Å²) >= 11 is 9.61. The van der Waals surface area contributed by atoms with Crippen LogP contribution >= 0.6 is 27.5 Å². The van der Waals surface area contributed by atoms with E-state index in [1.807, 2.05) is 25.1 Å². The Morgan fingerprint density at radius 3 is 2.76 bits per heavy atom. The van der Waals surface area contributed by atoms with Gasteiger partial charge in [0.2, 0.25) is 0 Å². The van der Waals surface area contributed by atoms with Gasteiger partial charge in [-0.2, -0.15) is 5.26 Å². The van der Waals surface area contributed by atoms with Gasteiger partial charge in [0.1, 0.15) is 0 Å². The summed E-state index contributed by atoms with van der Waals surface area (Å²) in [5.74, 6) is 0. The zero-order chi connectivity index (χ0) is 12.4. The zero-order valence-electron chi connectivity index (χ0n) is 9.09. The average Bonchev–Trinajstić information content (AvgIpc) is 2.33. The molecule has 0 spiro atoms. The van der Waals surface area contributed by atoms with E-state index in [0.717, 1.165) is 21.2 Å². The Morgan fingerprint density at radius 2 is 2.06 bits per heavy atom. The third-order valence-electron chi connectivity index (χ3n) is 2.43. The van der Waals surface area contributed by atoms with Gasteiger partial charge in [-0.1, -0.05) is 23.2 Å². The fourth-order valence-corrected chi connectivity index (χ4v) is 2.25. The molecule has 0 amide bonds. The van der Waals surface area contributed by atoms with Crippen LogP contribution in [0.5, 0.6) is 0 Å². The number of nitrogens with zero attached hydrogens (tertiary/aromatic N) is 1. The zero-order valence-corrected chi connectivity index (χ0v) is 11.4. The SMILES string of the molecule is Cc1ccc(Cl)c(-c2cc(C#N)c[c]c2Br)c1. The third-order valence-corrected chi connectivity index (χ3v) is 3.42. The van der Waals surface area contributed by atoms with Crippen molar-refractivity contribution >= 4 is 27.5 Å². The average molecular weight is 306 g/mol. The van der Waals surface area contributed by atoms with Crippen molar-refractivity contribution < 1.29 is 0 Å². The topological polar surface area (TPSA) is 23.8 Å². The maximum Gasteiger partial charge on any atom is 0.0992 e. The first kappa shape index (κ1) is 12.2. The molecule has 3 heteroatoms. The maximum atomic E-state index is 8.91. The van der Waals surface area contributed by atoms with E-state index in [-0.39, 0.29) is 0 Å². The van der Waals surface area contributed by atoms with Crippen molar-refractivity contribution in [3.8, 4) is 17.2 Å². The van der Waals surface area contributed by atoms with Gasteiger partial charge >= 0.3 is 0 Å². The molecule has 0 unspecified atom stereocenters. The van der Waals surface area contributed by atoms with Crippen LogP contribution in [0.2, 0.25) is 5.02 Å². The van der Waals surface area contributed by atoms with Gasteiger partial charge in [-0.05, 0) is 58.7 Å². The van der Waals surface area contributed by atoms with Crippen LogP contribution in [0.15, 0.2) is 34.8 Å². The van der Waals surface area contributed by atoms with Crippen LogP contribution in [-0.4, -0.2) is 0 Å². The van der Waals surface area contributed by atoms with Crippen LogP contribution in [0.3, 0.4) is 0 Å². The minimum absolute atomic E-state index is 0.570. The molecule has 2 rings (SSSR count). The third kappa shape index (κ3) is 2.52. The first-order valence-electron chi connectivity index (χ1n) is 4.99. The summed E-state index contributed by atoms with van der Waals surface area (Å²) in [6.45, 7) is 2.01. The van der Waals surface area contributed by atoms with E-state index in [4.69, 9.17) is 16.9 Å². The molecule has 0 saturated heterocycles. The molecular weight excluding hydrogens is 298 g/mol. The lowest BCUT2D eigenvalue weighted by Crippen LogP contribution is -1.85. The van der Waals surface area contributed by atoms with Crippen molar-refractivity contribution in [3.05, 3.63) is 57.0 Å². The monoisotopic (exact) mass is 304 g/mol. The second-order valence-electron chi connectivity index (χ2n) is 3.71. The molecule has 0 bridgehead atoms. The highest BCUT2D eigenvalue weighted by Crippen LogP contribution is 2.34. The van der Waals surface area contributed by atoms with Crippen LogP contribution in [0.4, 0.5) is 0 Å². The van der Waals surface area contributed by atoms with E-state index < -0.39 is 0 Å². The normalized spacial score (nSPS) is 10.0. The number of nitriles is 1. The lowest BCUT2D eigenvalue weighted by atomic mass is 10.0. The Bertz CT molecular complexity index is 614. The van der Waals surface area contributed by atoms with Crippen molar-refractivity contribution in [1.82, 2.24) is 0 Å². The predicted octanol–water partition coefficient (Wildman–Crippen LogP) is 4.75. The van der Waals surface area contributed by atoms with Gasteiger partial charge in [-0.15, -0.1) is 0 Å². The summed E-state index contributed by atoms with van der Waals surface area (Å²) in [6, 6.07) is 14.4. The fourth-order valence-electron chi connectivity index (χ4n) is 1.59. The smallest absolute Gasteiger partial charge is 0.0992 e. The molecule has 0 N–H and O–H groups in total. The van der Waals surface area contributed by atoms with Crippen molar-refractivity contribution in [3.63, 3.8) is 0 Å². The van der Waals surface area contributed by atoms with Gasteiger partial charge in [0.25, 0.3) is 0 Å². The number of aryl methyl sites for hydroxylation is 1. The Morgan fingerprint density at radius 1 is 1.29 bits per heavy atom. The van der Waals surface area contributed by atoms with E-state index in [9.17, 15) is 0 Å². The van der Waals surface area contributed by atoms with E-state index in [1.165, 1.54) is 0 Å². The highest BCUT2D eigenvalue weighted by molar-refractivity contribution is 9.10. The largest absolute Gasteiger partial charge is 0.192 e. The van der Waals surface area contributed by atoms with E-state index >= 15 is 0 Å². The van der Waals surface area contributed by atoms with Gasteiger partial charge in [0.05, 0.1) is 11.6 Å². The highest BCUT2D eigenvalue weighted by atomic mass is 79.9. The van der Waals surface area contributed by atoms with E-state index in [1.54, 1.807) is 12.1 Å². The van der Waals surface area contributed by atoms with Gasteiger partial charge in [-0.3, -0.25) is 0 Å². The van der Waals surface area contributed by atoms with E-state index in [2.05, 4.69) is 28.1 Å². The van der Waals surface area contributed by atoms with Gasteiger partial charge in [0, 0.05) is 15.1 Å². The number of rotatable bonds is 1. The summed E-state index contributed by atoms with van der Waals surface area (Å²) in [7, 11) is 0. The van der Waals surface area contributed by atoms with E-state index in [0.29, 0.717) is 10.6 Å². The van der Waals surface area contributed by atoms with Crippen LogP contribution in [-0.2, 0) is 0 Å². The lowest BCUT2D eigenvalue weighted by molar-refractivity contribution is 1.44. The number of hydrogen-bond donors (Lipinski definition) is 0. The minimum Gasteiger partial charge on any atom is -0.192 e. The molecule has 1 nitrogen and oxygen atoms in total. The van der Waals surface area contributed by atoms with Crippen LogP contribution in [0.1, 0.15) is 11.1 Å². The van der Waals surface area contributed by atoms with Crippen LogP contribution in [0.25, 0.3) is 11.1 Å². The Hall–Kier alpha value is -1.30. The van der Waals surface area contributed by atoms with Crippen LogP contribution < -0.4 is 0 Å². The van der Waals surface area contributed by atoms with Crippen molar-refractivity contribution in [1.29, 1.82) is 5.26 Å². The molecule has 0 atom stereocenters. The molecule has 0 fully saturated rings. The summed E-state index contributed by atoms with van der Waals surface area (Å²) < 4.78 is 0.809. The quantitative estimate of drug-likeness (QED) is 0.746. The molecular formula is C14H8BrClN. The second kappa shape index (κ2) is 4.91. The molecule has 17 heavy (non-hydrogen) atoms. The Labute approximate surface area is 114 Å².